The standard InChI is InChI=1S/C3H6F2.C2H2F2/c1-3(5)2-4;1-2(3)4/h3H,2H2,1H3;1H2. The van der Waals surface area contributed by atoms with E-state index in [9.17, 15) is 17.6 Å². The molecular weight excluding hydrogens is 136 g/mol. The van der Waals surface area contributed by atoms with Crippen molar-refractivity contribution in [2.24, 2.45) is 0 Å². The first-order valence-electron chi connectivity index (χ1n) is 2.20. The first-order valence-corrected chi connectivity index (χ1v) is 2.20. The maximum Gasteiger partial charge on any atom is 0.263 e. The van der Waals surface area contributed by atoms with Crippen molar-refractivity contribution in [1.82, 2.24) is 0 Å². The average Bonchev–Trinajstić information content (AvgIpc) is 1.65. The highest BCUT2D eigenvalue weighted by atomic mass is 19.3. The highest BCUT2D eigenvalue weighted by Crippen LogP contribution is 1.85. The van der Waals surface area contributed by atoms with Crippen molar-refractivity contribution in [2.45, 2.75) is 13.1 Å². The van der Waals surface area contributed by atoms with Gasteiger partial charge < -0.3 is 0 Å². The summed E-state index contributed by atoms with van der Waals surface area (Å²) in [5.41, 5.74) is 0. The van der Waals surface area contributed by atoms with Crippen LogP contribution >= 0.6 is 0 Å². The van der Waals surface area contributed by atoms with Crippen molar-refractivity contribution >= 4 is 0 Å². The molecule has 0 radical (unpaired) electrons. The van der Waals surface area contributed by atoms with Crippen LogP contribution in [0.1, 0.15) is 6.92 Å². The van der Waals surface area contributed by atoms with Crippen LogP contribution < -0.4 is 0 Å². The third-order valence-electron chi connectivity index (χ3n) is 0.213. The Morgan fingerprint density at radius 3 is 1.67 bits per heavy atom. The zero-order valence-corrected chi connectivity index (χ0v) is 5.00. The van der Waals surface area contributed by atoms with Crippen LogP contribution in [0, 0.1) is 0 Å². The largest absolute Gasteiger partial charge is 0.263 e. The Labute approximate surface area is 51.2 Å². The molecule has 0 heterocycles. The summed E-state index contributed by atoms with van der Waals surface area (Å²) in [6.07, 6.45) is -3.12. The average molecular weight is 144 g/mol. The van der Waals surface area contributed by atoms with Gasteiger partial charge in [-0.2, -0.15) is 8.78 Å². The maximum absolute atomic E-state index is 11.1. The van der Waals surface area contributed by atoms with E-state index in [2.05, 4.69) is 6.58 Å². The van der Waals surface area contributed by atoms with Gasteiger partial charge in [0.05, 0.1) is 0 Å². The molecule has 0 aromatic heterocycles. The van der Waals surface area contributed by atoms with Gasteiger partial charge in [0, 0.05) is 0 Å². The quantitative estimate of drug-likeness (QED) is 0.496. The van der Waals surface area contributed by atoms with E-state index in [0.717, 1.165) is 0 Å². The van der Waals surface area contributed by atoms with Crippen LogP contribution in [0.2, 0.25) is 0 Å². The van der Waals surface area contributed by atoms with E-state index in [-0.39, 0.29) is 0 Å². The fourth-order valence-corrected chi connectivity index (χ4v) is 0. The summed E-state index contributed by atoms with van der Waals surface area (Å²) in [6, 6.07) is 0. The monoisotopic (exact) mass is 144 g/mol. The van der Waals surface area contributed by atoms with Gasteiger partial charge in [-0.25, -0.2) is 8.78 Å². The molecule has 56 valence electrons. The molecule has 1 unspecified atom stereocenters. The summed E-state index contributed by atoms with van der Waals surface area (Å²) in [5.74, 6) is 0. The van der Waals surface area contributed by atoms with Gasteiger partial charge in [-0.3, -0.25) is 0 Å². The molecule has 0 N–H and O–H groups in total. The van der Waals surface area contributed by atoms with Gasteiger partial charge in [0.25, 0.3) is 6.08 Å². The predicted octanol–water partition coefficient (Wildman–Crippen LogP) is 2.71. The molecule has 0 nitrogen and oxygen atoms in total. The number of halogens is 4. The molecule has 9 heavy (non-hydrogen) atoms. The lowest BCUT2D eigenvalue weighted by Gasteiger charge is -1.83. The van der Waals surface area contributed by atoms with Gasteiger partial charge in [-0.05, 0) is 13.5 Å². The molecule has 1 atom stereocenters. The smallest absolute Gasteiger partial charge is 0.248 e. The van der Waals surface area contributed by atoms with Crippen LogP contribution in [-0.2, 0) is 0 Å². The molecule has 0 fully saturated rings. The molecule has 0 aliphatic rings. The molecule has 0 aromatic rings. The van der Waals surface area contributed by atoms with E-state index in [1.807, 2.05) is 0 Å². The van der Waals surface area contributed by atoms with Crippen LogP contribution in [0.3, 0.4) is 0 Å². The van der Waals surface area contributed by atoms with Crippen molar-refractivity contribution in [3.63, 3.8) is 0 Å². The molecule has 0 aromatic carbocycles. The van der Waals surface area contributed by atoms with Crippen molar-refractivity contribution in [1.29, 1.82) is 0 Å². The number of alkyl halides is 2. The van der Waals surface area contributed by atoms with Gasteiger partial charge in [-0.15, -0.1) is 0 Å². The number of hydrogen-bond acceptors (Lipinski definition) is 0. The van der Waals surface area contributed by atoms with Crippen molar-refractivity contribution < 1.29 is 17.6 Å². The fourth-order valence-electron chi connectivity index (χ4n) is 0. The van der Waals surface area contributed by atoms with Crippen LogP contribution in [0.25, 0.3) is 0 Å². The first-order chi connectivity index (χ1) is 4.00. The van der Waals surface area contributed by atoms with E-state index in [1.165, 1.54) is 6.92 Å². The second-order valence-electron chi connectivity index (χ2n) is 1.27. The number of hydrogen-bond donors (Lipinski definition) is 0. The fraction of sp³-hybridized carbons (Fsp3) is 0.600. The van der Waals surface area contributed by atoms with Crippen LogP contribution in [-0.4, -0.2) is 12.8 Å². The highest BCUT2D eigenvalue weighted by Gasteiger charge is 1.89. The lowest BCUT2D eigenvalue weighted by Crippen LogP contribution is -1.91. The lowest BCUT2D eigenvalue weighted by atomic mass is 10.5. The van der Waals surface area contributed by atoms with Gasteiger partial charge in [0.15, 0.2) is 0 Å². The zero-order valence-electron chi connectivity index (χ0n) is 5.00. The Morgan fingerprint density at radius 1 is 1.56 bits per heavy atom. The minimum absolute atomic E-state index is 0.861. The minimum Gasteiger partial charge on any atom is -0.248 e. The Morgan fingerprint density at radius 2 is 1.67 bits per heavy atom. The highest BCUT2D eigenvalue weighted by molar-refractivity contribution is 4.57. The maximum atomic E-state index is 11.1. The van der Waals surface area contributed by atoms with Crippen molar-refractivity contribution in [3.8, 4) is 0 Å². The summed E-state index contributed by atoms with van der Waals surface area (Å²) in [4.78, 5) is 0. The Hall–Kier alpha value is -0.540. The third-order valence-corrected chi connectivity index (χ3v) is 0.213. The van der Waals surface area contributed by atoms with E-state index in [1.54, 1.807) is 0 Å². The van der Waals surface area contributed by atoms with Gasteiger partial charge in [-0.1, -0.05) is 0 Å². The summed E-state index contributed by atoms with van der Waals surface area (Å²) in [5, 5.41) is 0. The van der Waals surface area contributed by atoms with E-state index >= 15 is 0 Å². The molecule has 0 saturated heterocycles. The number of rotatable bonds is 1. The minimum atomic E-state index is -1.83. The van der Waals surface area contributed by atoms with Gasteiger partial charge in [0.1, 0.15) is 12.8 Å². The van der Waals surface area contributed by atoms with Crippen LogP contribution in [0.15, 0.2) is 12.7 Å². The topological polar surface area (TPSA) is 0 Å². The molecule has 0 spiro atoms. The SMILES string of the molecule is C=C(F)F.CC(F)CF. The van der Waals surface area contributed by atoms with Crippen LogP contribution in [0.5, 0.6) is 0 Å². The third kappa shape index (κ3) is 104. The van der Waals surface area contributed by atoms with Gasteiger partial charge in [0.2, 0.25) is 0 Å². The molecule has 0 saturated carbocycles. The van der Waals surface area contributed by atoms with E-state index in [4.69, 9.17) is 0 Å². The molecule has 0 amide bonds. The molecule has 0 bridgehead atoms. The van der Waals surface area contributed by atoms with Gasteiger partial charge >= 0.3 is 0 Å². The van der Waals surface area contributed by atoms with Crippen LogP contribution in [0.4, 0.5) is 17.6 Å². The van der Waals surface area contributed by atoms with Crippen molar-refractivity contribution in [2.75, 3.05) is 6.67 Å². The first kappa shape index (κ1) is 11.3. The summed E-state index contributed by atoms with van der Waals surface area (Å²) < 4.78 is 42.1. The molecule has 0 aliphatic carbocycles. The second kappa shape index (κ2) is 7.46. The normalized spacial score (nSPS) is 11.2. The molecule has 0 rings (SSSR count). The second-order valence-corrected chi connectivity index (χ2v) is 1.27. The molecule has 0 aliphatic heterocycles. The van der Waals surface area contributed by atoms with Crippen molar-refractivity contribution in [3.05, 3.63) is 12.7 Å². The Balaban J connectivity index is 0. The van der Waals surface area contributed by atoms with E-state index < -0.39 is 18.9 Å². The summed E-state index contributed by atoms with van der Waals surface area (Å²) >= 11 is 0. The lowest BCUT2D eigenvalue weighted by molar-refractivity contribution is 0.281. The summed E-state index contributed by atoms with van der Waals surface area (Å²) in [7, 11) is 0. The molecule has 4 heteroatoms. The molecular formula is C5H8F4. The Bertz CT molecular complexity index is 65.4. The zero-order chi connectivity index (χ0) is 7.86. The Kier molecular flexibility index (Phi) is 9.35. The predicted molar refractivity (Wildman–Crippen MR) is 27.9 cm³/mol. The summed E-state index contributed by atoms with van der Waals surface area (Å²) in [6.45, 7) is 2.54. The van der Waals surface area contributed by atoms with E-state index in [0.29, 0.717) is 0 Å².